The molecule has 0 bridgehead atoms. The molecular weight excluding hydrogens is 216 g/mol. The summed E-state index contributed by atoms with van der Waals surface area (Å²) in [4.78, 5) is 6.76. The van der Waals surface area contributed by atoms with Crippen LogP contribution < -0.4 is 5.32 Å². The van der Waals surface area contributed by atoms with Crippen molar-refractivity contribution in [1.29, 1.82) is 0 Å². The van der Waals surface area contributed by atoms with Crippen LogP contribution in [0.1, 0.15) is 12.8 Å². The predicted molar refractivity (Wildman–Crippen MR) is 64.9 cm³/mol. The second-order valence-corrected chi connectivity index (χ2v) is 4.31. The lowest BCUT2D eigenvalue weighted by Gasteiger charge is -2.14. The van der Waals surface area contributed by atoms with Gasteiger partial charge in [0.25, 0.3) is 0 Å². The predicted octanol–water partition coefficient (Wildman–Crippen LogP) is 0.632. The molecule has 2 aromatic heterocycles. The molecule has 0 unspecified atom stereocenters. The van der Waals surface area contributed by atoms with Crippen LogP contribution >= 0.6 is 0 Å². The Kier molecular flexibility index (Phi) is 2.87. The zero-order valence-electron chi connectivity index (χ0n) is 9.71. The minimum atomic E-state index is 0.786. The van der Waals surface area contributed by atoms with Gasteiger partial charge in [0.15, 0.2) is 5.82 Å². The van der Waals surface area contributed by atoms with E-state index in [0.29, 0.717) is 0 Å². The van der Waals surface area contributed by atoms with Crippen molar-refractivity contribution < 1.29 is 0 Å². The van der Waals surface area contributed by atoms with Gasteiger partial charge in [-0.1, -0.05) is 0 Å². The van der Waals surface area contributed by atoms with E-state index in [9.17, 15) is 0 Å². The molecule has 0 spiro atoms. The molecule has 0 saturated carbocycles. The van der Waals surface area contributed by atoms with Crippen LogP contribution in [-0.4, -0.2) is 50.7 Å². The summed E-state index contributed by atoms with van der Waals surface area (Å²) in [6, 6.07) is 0. The van der Waals surface area contributed by atoms with E-state index in [4.69, 9.17) is 0 Å². The minimum absolute atomic E-state index is 0.786. The van der Waals surface area contributed by atoms with E-state index in [0.717, 1.165) is 24.6 Å². The lowest BCUT2D eigenvalue weighted by atomic mass is 10.4. The normalized spacial score (nSPS) is 16.7. The largest absolute Gasteiger partial charge is 0.366 e. The Balaban J connectivity index is 1.62. The Morgan fingerprint density at radius 1 is 1.29 bits per heavy atom. The first-order chi connectivity index (χ1) is 8.43. The van der Waals surface area contributed by atoms with Gasteiger partial charge in [-0.3, -0.25) is 4.40 Å². The van der Waals surface area contributed by atoms with Crippen LogP contribution in [0.5, 0.6) is 0 Å². The zero-order valence-corrected chi connectivity index (χ0v) is 9.71. The van der Waals surface area contributed by atoms with Crippen LogP contribution in [-0.2, 0) is 0 Å². The number of hydrogen-bond donors (Lipinski definition) is 1. The van der Waals surface area contributed by atoms with Crippen LogP contribution in [0.2, 0.25) is 0 Å². The minimum Gasteiger partial charge on any atom is -0.366 e. The topological polar surface area (TPSA) is 58.4 Å². The van der Waals surface area contributed by atoms with Gasteiger partial charge in [0, 0.05) is 25.5 Å². The first kappa shape index (κ1) is 10.5. The summed E-state index contributed by atoms with van der Waals surface area (Å²) in [7, 11) is 0. The van der Waals surface area contributed by atoms with Crippen molar-refractivity contribution in [2.24, 2.45) is 0 Å². The molecule has 6 nitrogen and oxygen atoms in total. The number of rotatable bonds is 4. The lowest BCUT2D eigenvalue weighted by Crippen LogP contribution is -2.26. The maximum absolute atomic E-state index is 4.29. The zero-order chi connectivity index (χ0) is 11.5. The van der Waals surface area contributed by atoms with Crippen molar-refractivity contribution in [3.8, 4) is 0 Å². The molecule has 0 atom stereocenters. The molecule has 1 saturated heterocycles. The molecule has 1 fully saturated rings. The van der Waals surface area contributed by atoms with E-state index in [-0.39, 0.29) is 0 Å². The van der Waals surface area contributed by atoms with Gasteiger partial charge >= 0.3 is 0 Å². The molecule has 0 aromatic carbocycles. The Morgan fingerprint density at radius 3 is 3.06 bits per heavy atom. The molecule has 2 aromatic rings. The highest BCUT2D eigenvalue weighted by Gasteiger charge is 2.11. The first-order valence-electron chi connectivity index (χ1n) is 6.04. The van der Waals surface area contributed by atoms with Crippen molar-refractivity contribution in [1.82, 2.24) is 24.5 Å². The van der Waals surface area contributed by atoms with E-state index in [1.165, 1.54) is 25.9 Å². The van der Waals surface area contributed by atoms with Crippen LogP contribution in [0, 0.1) is 0 Å². The summed E-state index contributed by atoms with van der Waals surface area (Å²) in [6.45, 7) is 4.42. The Hall–Kier alpha value is -1.69. The van der Waals surface area contributed by atoms with E-state index >= 15 is 0 Å². The number of hydrogen-bond acceptors (Lipinski definition) is 5. The highest BCUT2D eigenvalue weighted by atomic mass is 15.2. The summed E-state index contributed by atoms with van der Waals surface area (Å²) < 4.78 is 1.87. The van der Waals surface area contributed by atoms with Crippen LogP contribution in [0.4, 0.5) is 5.82 Å². The van der Waals surface area contributed by atoms with Gasteiger partial charge in [-0.15, -0.1) is 10.2 Å². The van der Waals surface area contributed by atoms with Crippen molar-refractivity contribution in [2.45, 2.75) is 12.8 Å². The summed E-state index contributed by atoms with van der Waals surface area (Å²) in [5, 5.41) is 11.2. The van der Waals surface area contributed by atoms with Gasteiger partial charge in [-0.2, -0.15) is 0 Å². The molecule has 1 aliphatic heterocycles. The lowest BCUT2D eigenvalue weighted by molar-refractivity contribution is 0.352. The molecule has 90 valence electrons. The fraction of sp³-hybridized carbons (Fsp3) is 0.545. The van der Waals surface area contributed by atoms with Crippen LogP contribution in [0.25, 0.3) is 5.65 Å². The Labute approximate surface area is 99.7 Å². The molecule has 0 amide bonds. The van der Waals surface area contributed by atoms with Crippen LogP contribution in [0.3, 0.4) is 0 Å². The highest BCUT2D eigenvalue weighted by Crippen LogP contribution is 2.10. The van der Waals surface area contributed by atoms with E-state index < -0.39 is 0 Å². The van der Waals surface area contributed by atoms with Gasteiger partial charge in [-0.25, -0.2) is 4.98 Å². The average Bonchev–Trinajstić information content (AvgIpc) is 2.99. The molecule has 1 aliphatic rings. The number of nitrogens with one attached hydrogen (secondary N) is 1. The molecule has 0 radical (unpaired) electrons. The van der Waals surface area contributed by atoms with Gasteiger partial charge in [0.05, 0.1) is 0 Å². The summed E-state index contributed by atoms with van der Waals surface area (Å²) in [5.74, 6) is 0.809. The average molecular weight is 232 g/mol. The van der Waals surface area contributed by atoms with E-state index in [1.807, 2.05) is 10.6 Å². The molecule has 17 heavy (non-hydrogen) atoms. The van der Waals surface area contributed by atoms with Crippen LogP contribution in [0.15, 0.2) is 18.7 Å². The van der Waals surface area contributed by atoms with Crippen molar-refractivity contribution in [2.75, 3.05) is 31.5 Å². The number of fused-ring (bicyclic) bond motifs is 1. The standard InChI is InChI=1S/C11H16N6/c1-2-6-16(5-1)7-3-12-10-11-15-14-9-17(11)8-4-13-10/h4,8-9H,1-3,5-7H2,(H,12,13). The number of likely N-dealkylation sites (tertiary alicyclic amines) is 1. The fourth-order valence-corrected chi connectivity index (χ4v) is 2.22. The van der Waals surface area contributed by atoms with Gasteiger partial charge in [-0.05, 0) is 25.9 Å². The summed E-state index contributed by atoms with van der Waals surface area (Å²) in [5.41, 5.74) is 0.786. The third kappa shape index (κ3) is 2.21. The summed E-state index contributed by atoms with van der Waals surface area (Å²) in [6.07, 6.45) is 7.95. The van der Waals surface area contributed by atoms with Gasteiger partial charge < -0.3 is 10.2 Å². The second-order valence-electron chi connectivity index (χ2n) is 4.31. The van der Waals surface area contributed by atoms with E-state index in [2.05, 4.69) is 25.4 Å². The SMILES string of the molecule is c1cn2cnnc2c(NCCN2CCCC2)n1. The molecule has 0 aliphatic carbocycles. The second kappa shape index (κ2) is 4.67. The molecule has 3 rings (SSSR count). The third-order valence-corrected chi connectivity index (χ3v) is 3.13. The third-order valence-electron chi connectivity index (χ3n) is 3.13. The first-order valence-corrected chi connectivity index (χ1v) is 6.04. The van der Waals surface area contributed by atoms with Crippen molar-refractivity contribution >= 4 is 11.5 Å². The van der Waals surface area contributed by atoms with Crippen molar-refractivity contribution in [3.63, 3.8) is 0 Å². The van der Waals surface area contributed by atoms with Crippen molar-refractivity contribution in [3.05, 3.63) is 18.7 Å². The smallest absolute Gasteiger partial charge is 0.203 e. The monoisotopic (exact) mass is 232 g/mol. The molecule has 6 heteroatoms. The number of aromatic nitrogens is 4. The highest BCUT2D eigenvalue weighted by molar-refractivity contribution is 5.61. The number of nitrogens with zero attached hydrogens (tertiary/aromatic N) is 5. The summed E-state index contributed by atoms with van der Waals surface area (Å²) >= 11 is 0. The van der Waals surface area contributed by atoms with Gasteiger partial charge in [0.2, 0.25) is 5.65 Å². The van der Waals surface area contributed by atoms with Gasteiger partial charge in [0.1, 0.15) is 6.33 Å². The molecular formula is C11H16N6. The quantitative estimate of drug-likeness (QED) is 0.838. The van der Waals surface area contributed by atoms with E-state index in [1.54, 1.807) is 12.5 Å². The number of anilines is 1. The Bertz CT molecular complexity index is 487. The molecule has 1 N–H and O–H groups in total. The maximum Gasteiger partial charge on any atom is 0.203 e. The Morgan fingerprint density at radius 2 is 2.18 bits per heavy atom. The molecule has 3 heterocycles. The maximum atomic E-state index is 4.29. The fourth-order valence-electron chi connectivity index (χ4n) is 2.22.